The molecule has 3 nitrogen and oxygen atoms in total. The number of nitrogens with one attached hydrogen (secondary N) is 1. The molecule has 96 valence electrons. The zero-order chi connectivity index (χ0) is 12.5. The molecule has 0 radical (unpaired) electrons. The average molecular weight is 245 g/mol. The zero-order valence-corrected chi connectivity index (χ0v) is 10.7. The van der Waals surface area contributed by atoms with Crippen LogP contribution in [-0.2, 0) is 6.42 Å². The maximum Gasteiger partial charge on any atom is 0.169 e. The summed E-state index contributed by atoms with van der Waals surface area (Å²) >= 11 is 0. The number of aryl methyl sites for hydroxylation is 1. The molecule has 1 unspecified atom stereocenters. The maximum atomic E-state index is 12.5. The number of benzene rings is 1. The SMILES string of the molecule is CC(C(=O)c1cccc2c1OCCC2)C1CNC1. The molecule has 0 aliphatic carbocycles. The van der Waals surface area contributed by atoms with Crippen LogP contribution < -0.4 is 10.1 Å². The van der Waals surface area contributed by atoms with E-state index in [0.717, 1.165) is 43.9 Å². The summed E-state index contributed by atoms with van der Waals surface area (Å²) < 4.78 is 5.72. The van der Waals surface area contributed by atoms with Gasteiger partial charge in [-0.1, -0.05) is 19.1 Å². The summed E-state index contributed by atoms with van der Waals surface area (Å²) in [6.07, 6.45) is 2.07. The topological polar surface area (TPSA) is 38.3 Å². The van der Waals surface area contributed by atoms with Gasteiger partial charge in [0.05, 0.1) is 12.2 Å². The zero-order valence-electron chi connectivity index (χ0n) is 10.7. The highest BCUT2D eigenvalue weighted by molar-refractivity contribution is 6.00. The molecule has 0 aromatic heterocycles. The van der Waals surface area contributed by atoms with Gasteiger partial charge in [0.15, 0.2) is 5.78 Å². The lowest BCUT2D eigenvalue weighted by molar-refractivity contribution is 0.0849. The van der Waals surface area contributed by atoms with Crippen molar-refractivity contribution in [2.45, 2.75) is 19.8 Å². The van der Waals surface area contributed by atoms with Crippen molar-refractivity contribution in [2.75, 3.05) is 19.7 Å². The summed E-state index contributed by atoms with van der Waals surface area (Å²) in [6.45, 7) is 4.69. The Kier molecular flexibility index (Phi) is 3.08. The van der Waals surface area contributed by atoms with Crippen LogP contribution >= 0.6 is 0 Å². The van der Waals surface area contributed by atoms with Gasteiger partial charge in [0.2, 0.25) is 0 Å². The largest absolute Gasteiger partial charge is 0.493 e. The summed E-state index contributed by atoms with van der Waals surface area (Å²) in [7, 11) is 0. The van der Waals surface area contributed by atoms with Crippen LogP contribution in [0, 0.1) is 11.8 Å². The first-order chi connectivity index (χ1) is 8.77. The molecule has 1 saturated heterocycles. The molecule has 0 spiro atoms. The van der Waals surface area contributed by atoms with Gasteiger partial charge in [-0.15, -0.1) is 0 Å². The van der Waals surface area contributed by atoms with E-state index in [1.807, 2.05) is 19.1 Å². The van der Waals surface area contributed by atoms with Crippen molar-refractivity contribution in [3.63, 3.8) is 0 Å². The lowest BCUT2D eigenvalue weighted by atomic mass is 9.82. The van der Waals surface area contributed by atoms with Crippen LogP contribution in [0.3, 0.4) is 0 Å². The van der Waals surface area contributed by atoms with E-state index in [2.05, 4.69) is 11.4 Å². The van der Waals surface area contributed by atoms with E-state index in [9.17, 15) is 4.79 Å². The van der Waals surface area contributed by atoms with E-state index in [4.69, 9.17) is 4.74 Å². The summed E-state index contributed by atoms with van der Waals surface area (Å²) in [4.78, 5) is 12.5. The van der Waals surface area contributed by atoms with Gasteiger partial charge in [0.25, 0.3) is 0 Å². The number of para-hydroxylation sites is 1. The Balaban J connectivity index is 1.89. The van der Waals surface area contributed by atoms with Gasteiger partial charge in [0.1, 0.15) is 5.75 Å². The Morgan fingerprint density at radius 2 is 2.28 bits per heavy atom. The molecule has 2 aliphatic rings. The summed E-state index contributed by atoms with van der Waals surface area (Å²) in [5.41, 5.74) is 1.97. The molecule has 2 aliphatic heterocycles. The van der Waals surface area contributed by atoms with E-state index in [0.29, 0.717) is 5.92 Å². The minimum absolute atomic E-state index is 0.0864. The fourth-order valence-corrected chi connectivity index (χ4v) is 2.71. The van der Waals surface area contributed by atoms with Gasteiger partial charge in [-0.05, 0) is 43.5 Å². The van der Waals surface area contributed by atoms with Gasteiger partial charge in [-0.2, -0.15) is 0 Å². The number of ketones is 1. The van der Waals surface area contributed by atoms with Gasteiger partial charge in [-0.25, -0.2) is 0 Å². The van der Waals surface area contributed by atoms with Crippen molar-refractivity contribution < 1.29 is 9.53 Å². The average Bonchev–Trinajstić information content (AvgIpc) is 2.35. The van der Waals surface area contributed by atoms with Crippen molar-refractivity contribution in [3.05, 3.63) is 29.3 Å². The minimum Gasteiger partial charge on any atom is -0.493 e. The third kappa shape index (κ3) is 1.93. The highest BCUT2D eigenvalue weighted by Crippen LogP contribution is 2.32. The second-order valence-electron chi connectivity index (χ2n) is 5.32. The monoisotopic (exact) mass is 245 g/mol. The molecule has 0 bridgehead atoms. The molecule has 3 heteroatoms. The molecule has 1 atom stereocenters. The number of ether oxygens (including phenoxy) is 1. The highest BCUT2D eigenvalue weighted by atomic mass is 16.5. The van der Waals surface area contributed by atoms with E-state index >= 15 is 0 Å². The lowest BCUT2D eigenvalue weighted by Crippen LogP contribution is -2.47. The fraction of sp³-hybridized carbons (Fsp3) is 0.533. The maximum absolute atomic E-state index is 12.5. The molecule has 1 aromatic rings. The van der Waals surface area contributed by atoms with Crippen LogP contribution in [0.25, 0.3) is 0 Å². The van der Waals surface area contributed by atoms with Crippen molar-refractivity contribution >= 4 is 5.78 Å². The van der Waals surface area contributed by atoms with Crippen LogP contribution in [0.5, 0.6) is 5.75 Å². The van der Waals surface area contributed by atoms with Gasteiger partial charge in [0, 0.05) is 5.92 Å². The molecule has 2 heterocycles. The first kappa shape index (κ1) is 11.7. The number of rotatable bonds is 3. The first-order valence-corrected chi connectivity index (χ1v) is 6.77. The molecule has 0 amide bonds. The van der Waals surface area contributed by atoms with Gasteiger partial charge < -0.3 is 10.1 Å². The normalized spacial score (nSPS) is 20.5. The first-order valence-electron chi connectivity index (χ1n) is 6.77. The Bertz CT molecular complexity index is 466. The van der Waals surface area contributed by atoms with Crippen LogP contribution in [0.4, 0.5) is 0 Å². The van der Waals surface area contributed by atoms with Crippen molar-refractivity contribution in [1.29, 1.82) is 0 Å². The van der Waals surface area contributed by atoms with Crippen molar-refractivity contribution in [1.82, 2.24) is 5.32 Å². The molecule has 18 heavy (non-hydrogen) atoms. The third-order valence-corrected chi connectivity index (χ3v) is 4.13. The molecular weight excluding hydrogens is 226 g/mol. The number of Topliss-reactive ketones (excluding diaryl/α,β-unsaturated/α-hetero) is 1. The molecule has 0 saturated carbocycles. The molecular formula is C15H19NO2. The standard InChI is InChI=1S/C15H19NO2/c1-10(12-8-16-9-12)14(17)13-6-2-4-11-5-3-7-18-15(11)13/h2,4,6,10,12,16H,3,5,7-9H2,1H3. The molecule has 1 aromatic carbocycles. The van der Waals surface area contributed by atoms with E-state index in [-0.39, 0.29) is 11.7 Å². The highest BCUT2D eigenvalue weighted by Gasteiger charge is 2.31. The van der Waals surface area contributed by atoms with E-state index < -0.39 is 0 Å². The molecule has 3 rings (SSSR count). The van der Waals surface area contributed by atoms with Crippen molar-refractivity contribution in [3.8, 4) is 5.75 Å². The van der Waals surface area contributed by atoms with Crippen molar-refractivity contribution in [2.24, 2.45) is 11.8 Å². The number of hydrogen-bond acceptors (Lipinski definition) is 3. The Morgan fingerprint density at radius 1 is 1.44 bits per heavy atom. The number of hydrogen-bond donors (Lipinski definition) is 1. The Morgan fingerprint density at radius 3 is 3.00 bits per heavy atom. The summed E-state index contributed by atoms with van der Waals surface area (Å²) in [5, 5.41) is 3.23. The van der Waals surface area contributed by atoms with E-state index in [1.165, 1.54) is 5.56 Å². The lowest BCUT2D eigenvalue weighted by Gasteiger charge is -2.32. The number of carbonyl (C=O) groups is 1. The minimum atomic E-state index is 0.0864. The van der Waals surface area contributed by atoms with Crippen LogP contribution in [0.1, 0.15) is 29.3 Å². The van der Waals surface area contributed by atoms with Gasteiger partial charge >= 0.3 is 0 Å². The molecule has 1 fully saturated rings. The molecule has 1 N–H and O–H groups in total. The van der Waals surface area contributed by atoms with Gasteiger partial charge in [-0.3, -0.25) is 4.79 Å². The second-order valence-corrected chi connectivity index (χ2v) is 5.32. The predicted octanol–water partition coefficient (Wildman–Crippen LogP) is 2.05. The number of carbonyl (C=O) groups excluding carboxylic acids is 1. The number of fused-ring (bicyclic) bond motifs is 1. The smallest absolute Gasteiger partial charge is 0.169 e. The third-order valence-electron chi connectivity index (χ3n) is 4.13. The Labute approximate surface area is 108 Å². The van der Waals surface area contributed by atoms with Crippen LogP contribution in [0.15, 0.2) is 18.2 Å². The summed E-state index contributed by atoms with van der Waals surface area (Å²) in [5.74, 6) is 1.65. The van der Waals surface area contributed by atoms with Crippen LogP contribution in [-0.4, -0.2) is 25.5 Å². The predicted molar refractivity (Wildman–Crippen MR) is 70.1 cm³/mol. The second kappa shape index (κ2) is 4.73. The van der Waals surface area contributed by atoms with Crippen LogP contribution in [0.2, 0.25) is 0 Å². The quantitative estimate of drug-likeness (QED) is 0.828. The summed E-state index contributed by atoms with van der Waals surface area (Å²) in [6, 6.07) is 5.96. The Hall–Kier alpha value is -1.35. The fourth-order valence-electron chi connectivity index (χ4n) is 2.71. The van der Waals surface area contributed by atoms with E-state index in [1.54, 1.807) is 0 Å².